The Labute approximate surface area is 176 Å². The monoisotopic (exact) mass is 408 g/mol. The number of rotatable bonds is 5. The molecule has 2 saturated heterocycles. The Hall–Kier alpha value is -3.16. The van der Waals surface area contributed by atoms with Gasteiger partial charge in [0.25, 0.3) is 0 Å². The van der Waals surface area contributed by atoms with Crippen LogP contribution in [0.25, 0.3) is 0 Å². The molecule has 2 aliphatic rings. The average Bonchev–Trinajstić information content (AvgIpc) is 3.17. The van der Waals surface area contributed by atoms with Crippen LogP contribution in [0, 0.1) is 5.92 Å². The summed E-state index contributed by atoms with van der Waals surface area (Å²) in [4.78, 5) is 40.3. The van der Waals surface area contributed by atoms with E-state index in [1.807, 2.05) is 49.3 Å². The second-order valence-electron chi connectivity index (χ2n) is 8.08. The number of para-hydroxylation sites is 1. The number of hydrogen-bond donors (Lipinski definition) is 1. The van der Waals surface area contributed by atoms with Gasteiger partial charge in [0.05, 0.1) is 12.1 Å². The standard InChI is InChI=1S/C22H28N6O2/c1-26(2)20-18(14-23-22(25-20)27-11-7-4-8-12-27)24-21(30)16-13-19(29)28(15-16)17-9-5-3-6-10-17/h3,5-6,9-10,14,16H,4,7-8,11-13,15H2,1-2H3,(H,24,30). The van der Waals surface area contributed by atoms with E-state index < -0.39 is 5.92 Å². The lowest BCUT2D eigenvalue weighted by Crippen LogP contribution is -2.32. The Kier molecular flexibility index (Phi) is 5.83. The van der Waals surface area contributed by atoms with Crippen LogP contribution in [0.1, 0.15) is 25.7 Å². The van der Waals surface area contributed by atoms with Crippen LogP contribution in [0.15, 0.2) is 36.5 Å². The van der Waals surface area contributed by atoms with Gasteiger partial charge in [0.2, 0.25) is 17.8 Å². The van der Waals surface area contributed by atoms with Crippen molar-refractivity contribution in [2.45, 2.75) is 25.7 Å². The Morgan fingerprint density at radius 1 is 1.13 bits per heavy atom. The highest BCUT2D eigenvalue weighted by molar-refractivity contribution is 6.04. The van der Waals surface area contributed by atoms with E-state index in [2.05, 4.69) is 15.2 Å². The topological polar surface area (TPSA) is 81.7 Å². The Balaban J connectivity index is 1.48. The van der Waals surface area contributed by atoms with Gasteiger partial charge in [-0.25, -0.2) is 4.98 Å². The number of anilines is 4. The second-order valence-corrected chi connectivity index (χ2v) is 8.08. The fourth-order valence-electron chi connectivity index (χ4n) is 4.01. The molecular weight excluding hydrogens is 380 g/mol. The van der Waals surface area contributed by atoms with E-state index in [-0.39, 0.29) is 18.2 Å². The summed E-state index contributed by atoms with van der Waals surface area (Å²) in [5.74, 6) is 0.741. The van der Waals surface area contributed by atoms with Crippen LogP contribution in [-0.4, -0.2) is 55.5 Å². The molecule has 2 fully saturated rings. The third-order valence-electron chi connectivity index (χ3n) is 5.64. The summed E-state index contributed by atoms with van der Waals surface area (Å²) in [5, 5.41) is 2.95. The zero-order valence-corrected chi connectivity index (χ0v) is 17.5. The van der Waals surface area contributed by atoms with E-state index in [0.717, 1.165) is 31.6 Å². The molecule has 0 spiro atoms. The predicted molar refractivity (Wildman–Crippen MR) is 118 cm³/mol. The molecule has 30 heavy (non-hydrogen) atoms. The second kappa shape index (κ2) is 8.69. The van der Waals surface area contributed by atoms with Crippen LogP contribution >= 0.6 is 0 Å². The van der Waals surface area contributed by atoms with Crippen LogP contribution in [0.2, 0.25) is 0 Å². The smallest absolute Gasteiger partial charge is 0.229 e. The van der Waals surface area contributed by atoms with Crippen molar-refractivity contribution in [3.05, 3.63) is 36.5 Å². The molecule has 0 bridgehead atoms. The van der Waals surface area contributed by atoms with Gasteiger partial charge in [-0.1, -0.05) is 18.2 Å². The molecule has 1 aromatic carbocycles. The minimum atomic E-state index is -0.408. The molecule has 0 radical (unpaired) electrons. The quantitative estimate of drug-likeness (QED) is 0.819. The van der Waals surface area contributed by atoms with Gasteiger partial charge in [-0.15, -0.1) is 0 Å². The molecule has 2 amide bonds. The van der Waals surface area contributed by atoms with E-state index in [9.17, 15) is 9.59 Å². The van der Waals surface area contributed by atoms with E-state index in [1.165, 1.54) is 6.42 Å². The lowest BCUT2D eigenvalue weighted by molar-refractivity contribution is -0.122. The molecule has 4 rings (SSSR count). The fraction of sp³-hybridized carbons (Fsp3) is 0.455. The highest BCUT2D eigenvalue weighted by atomic mass is 16.2. The van der Waals surface area contributed by atoms with Gasteiger partial charge in [-0.2, -0.15) is 4.98 Å². The van der Waals surface area contributed by atoms with E-state index in [1.54, 1.807) is 11.1 Å². The Morgan fingerprint density at radius 3 is 2.57 bits per heavy atom. The summed E-state index contributed by atoms with van der Waals surface area (Å²) >= 11 is 0. The van der Waals surface area contributed by atoms with Crippen molar-refractivity contribution >= 4 is 35.0 Å². The third-order valence-corrected chi connectivity index (χ3v) is 5.64. The van der Waals surface area contributed by atoms with Crippen molar-refractivity contribution in [1.82, 2.24) is 9.97 Å². The first-order valence-corrected chi connectivity index (χ1v) is 10.5. The molecule has 8 nitrogen and oxygen atoms in total. The summed E-state index contributed by atoms with van der Waals surface area (Å²) in [6.45, 7) is 2.29. The van der Waals surface area contributed by atoms with Crippen LogP contribution in [0.3, 0.4) is 0 Å². The molecule has 158 valence electrons. The number of nitrogens with one attached hydrogen (secondary N) is 1. The van der Waals surface area contributed by atoms with Crippen molar-refractivity contribution < 1.29 is 9.59 Å². The number of carbonyl (C=O) groups excluding carboxylic acids is 2. The van der Waals surface area contributed by atoms with Gasteiger partial charge >= 0.3 is 0 Å². The van der Waals surface area contributed by atoms with Crippen molar-refractivity contribution in [2.75, 3.05) is 53.7 Å². The van der Waals surface area contributed by atoms with Crippen LogP contribution in [0.5, 0.6) is 0 Å². The predicted octanol–water partition coefficient (Wildman–Crippen LogP) is 2.52. The van der Waals surface area contributed by atoms with E-state index >= 15 is 0 Å². The maximum absolute atomic E-state index is 12.9. The Bertz CT molecular complexity index is 911. The molecule has 1 unspecified atom stereocenters. The SMILES string of the molecule is CN(C)c1nc(N2CCCCC2)ncc1NC(=O)C1CC(=O)N(c2ccccc2)C1. The van der Waals surface area contributed by atoms with Gasteiger partial charge in [0.1, 0.15) is 5.69 Å². The number of amides is 2. The normalized spacial score (nSPS) is 19.1. The minimum Gasteiger partial charge on any atom is -0.361 e. The molecule has 3 heterocycles. The van der Waals surface area contributed by atoms with Crippen molar-refractivity contribution in [3.63, 3.8) is 0 Å². The molecule has 1 atom stereocenters. The lowest BCUT2D eigenvalue weighted by atomic mass is 10.1. The van der Waals surface area contributed by atoms with Crippen LogP contribution < -0.4 is 20.0 Å². The zero-order valence-electron chi connectivity index (χ0n) is 17.5. The lowest BCUT2D eigenvalue weighted by Gasteiger charge is -2.28. The van der Waals surface area contributed by atoms with Crippen molar-refractivity contribution in [2.24, 2.45) is 5.92 Å². The van der Waals surface area contributed by atoms with Gasteiger partial charge in [0, 0.05) is 45.8 Å². The maximum atomic E-state index is 12.9. The number of hydrogen-bond acceptors (Lipinski definition) is 6. The summed E-state index contributed by atoms with van der Waals surface area (Å²) in [7, 11) is 3.79. The number of benzene rings is 1. The fourth-order valence-corrected chi connectivity index (χ4v) is 4.01. The summed E-state index contributed by atoms with van der Waals surface area (Å²) < 4.78 is 0. The van der Waals surface area contributed by atoms with Gasteiger partial charge in [-0.05, 0) is 31.4 Å². The van der Waals surface area contributed by atoms with E-state index in [4.69, 9.17) is 4.98 Å². The van der Waals surface area contributed by atoms with Crippen LogP contribution in [-0.2, 0) is 9.59 Å². The third kappa shape index (κ3) is 4.22. The Morgan fingerprint density at radius 2 is 1.87 bits per heavy atom. The van der Waals surface area contributed by atoms with E-state index in [0.29, 0.717) is 24.0 Å². The van der Waals surface area contributed by atoms with Crippen molar-refractivity contribution in [3.8, 4) is 0 Å². The summed E-state index contributed by atoms with van der Waals surface area (Å²) in [5.41, 5.74) is 1.39. The van der Waals surface area contributed by atoms with Crippen molar-refractivity contribution in [1.29, 1.82) is 0 Å². The molecule has 1 aromatic heterocycles. The molecule has 8 heteroatoms. The number of piperidine rings is 1. The molecule has 1 N–H and O–H groups in total. The number of nitrogens with zero attached hydrogens (tertiary/aromatic N) is 5. The first-order chi connectivity index (χ1) is 14.5. The average molecular weight is 409 g/mol. The molecule has 0 saturated carbocycles. The summed E-state index contributed by atoms with van der Waals surface area (Å²) in [6.07, 6.45) is 5.41. The highest BCUT2D eigenvalue weighted by Gasteiger charge is 2.35. The van der Waals surface area contributed by atoms with Gasteiger partial charge in [0.15, 0.2) is 5.82 Å². The molecular formula is C22H28N6O2. The first kappa shape index (κ1) is 20.1. The van der Waals surface area contributed by atoms with Gasteiger partial charge in [-0.3, -0.25) is 9.59 Å². The maximum Gasteiger partial charge on any atom is 0.229 e. The summed E-state index contributed by atoms with van der Waals surface area (Å²) in [6, 6.07) is 9.46. The number of carbonyl (C=O) groups is 2. The largest absolute Gasteiger partial charge is 0.361 e. The number of aromatic nitrogens is 2. The first-order valence-electron chi connectivity index (χ1n) is 10.5. The molecule has 0 aliphatic carbocycles. The van der Waals surface area contributed by atoms with Gasteiger partial charge < -0.3 is 20.0 Å². The highest BCUT2D eigenvalue weighted by Crippen LogP contribution is 2.29. The van der Waals surface area contributed by atoms with Crippen LogP contribution in [0.4, 0.5) is 23.1 Å². The molecule has 2 aliphatic heterocycles. The minimum absolute atomic E-state index is 0.0362. The molecule has 2 aromatic rings. The zero-order chi connectivity index (χ0) is 21.1.